The molecule has 0 radical (unpaired) electrons. The van der Waals surface area contributed by atoms with E-state index in [0.717, 1.165) is 18.9 Å². The third kappa shape index (κ3) is 2.52. The van der Waals surface area contributed by atoms with Crippen LogP contribution in [0.1, 0.15) is 57.9 Å². The molecular formula is C19H28N2. The summed E-state index contributed by atoms with van der Waals surface area (Å²) < 4.78 is 0. The lowest BCUT2D eigenvalue weighted by molar-refractivity contribution is -0.117. The number of aromatic nitrogens is 1. The van der Waals surface area contributed by atoms with Crippen LogP contribution in [0.4, 0.5) is 0 Å². The Balaban J connectivity index is 1.45. The van der Waals surface area contributed by atoms with Gasteiger partial charge in [-0.25, -0.2) is 0 Å². The highest BCUT2D eigenvalue weighted by molar-refractivity contribution is 5.15. The van der Waals surface area contributed by atoms with E-state index >= 15 is 0 Å². The lowest BCUT2D eigenvalue weighted by Gasteiger charge is -2.65. The molecule has 4 aliphatic rings. The molecule has 4 aliphatic carbocycles. The topological polar surface area (TPSA) is 24.9 Å². The Morgan fingerprint density at radius 1 is 1.05 bits per heavy atom. The number of nitrogens with zero attached hydrogens (tertiary/aromatic N) is 1. The molecule has 1 aromatic rings. The summed E-state index contributed by atoms with van der Waals surface area (Å²) in [5.74, 6) is 0.977. The highest BCUT2D eigenvalue weighted by Gasteiger charge is 2.59. The molecule has 4 saturated carbocycles. The Hall–Kier alpha value is -0.890. The second kappa shape index (κ2) is 4.55. The van der Waals surface area contributed by atoms with Gasteiger partial charge in [0, 0.05) is 17.9 Å². The molecule has 0 saturated heterocycles. The first-order valence-corrected chi connectivity index (χ1v) is 8.62. The Morgan fingerprint density at radius 2 is 1.71 bits per heavy atom. The van der Waals surface area contributed by atoms with Gasteiger partial charge in [-0.2, -0.15) is 0 Å². The molecule has 4 fully saturated rings. The van der Waals surface area contributed by atoms with Gasteiger partial charge in [-0.3, -0.25) is 4.98 Å². The average molecular weight is 284 g/mol. The fourth-order valence-electron chi connectivity index (χ4n) is 6.67. The molecule has 2 nitrogen and oxygen atoms in total. The number of rotatable bonds is 4. The van der Waals surface area contributed by atoms with E-state index in [2.05, 4.69) is 36.3 Å². The van der Waals surface area contributed by atoms with Crippen LogP contribution < -0.4 is 5.32 Å². The zero-order chi connectivity index (χ0) is 14.6. The fourth-order valence-corrected chi connectivity index (χ4v) is 6.67. The number of pyridine rings is 1. The first-order valence-electron chi connectivity index (χ1n) is 8.62. The van der Waals surface area contributed by atoms with Crippen molar-refractivity contribution in [3.05, 3.63) is 30.1 Å². The lowest BCUT2D eigenvalue weighted by Crippen LogP contribution is -2.64. The second-order valence-electron chi connectivity index (χ2n) is 8.94. The van der Waals surface area contributed by atoms with E-state index in [1.165, 1.54) is 44.1 Å². The Bertz CT molecular complexity index is 506. The van der Waals surface area contributed by atoms with Gasteiger partial charge in [0.25, 0.3) is 0 Å². The van der Waals surface area contributed by atoms with Crippen LogP contribution in [0.15, 0.2) is 24.5 Å². The molecular weight excluding hydrogens is 256 g/mol. The molecule has 1 heterocycles. The maximum Gasteiger partial charge on any atom is 0.0270 e. The Labute approximate surface area is 128 Å². The van der Waals surface area contributed by atoms with E-state index in [9.17, 15) is 0 Å². The summed E-state index contributed by atoms with van der Waals surface area (Å²) in [7, 11) is 0. The van der Waals surface area contributed by atoms with Crippen LogP contribution in [-0.4, -0.2) is 17.1 Å². The third-order valence-electron chi connectivity index (χ3n) is 6.29. The van der Waals surface area contributed by atoms with Crippen molar-refractivity contribution in [3.8, 4) is 0 Å². The van der Waals surface area contributed by atoms with Gasteiger partial charge in [-0.1, -0.05) is 13.8 Å². The highest BCUT2D eigenvalue weighted by Crippen LogP contribution is 2.66. The molecule has 4 bridgehead atoms. The monoisotopic (exact) mass is 284 g/mol. The van der Waals surface area contributed by atoms with Crippen molar-refractivity contribution < 1.29 is 0 Å². The summed E-state index contributed by atoms with van der Waals surface area (Å²) >= 11 is 0. The molecule has 5 rings (SSSR count). The summed E-state index contributed by atoms with van der Waals surface area (Å²) in [4.78, 5) is 4.11. The van der Waals surface area contributed by atoms with Crippen molar-refractivity contribution >= 4 is 0 Å². The fraction of sp³-hybridized carbons (Fsp3) is 0.737. The lowest BCUT2D eigenvalue weighted by atomic mass is 9.43. The first kappa shape index (κ1) is 13.8. The van der Waals surface area contributed by atoms with Crippen molar-refractivity contribution in [2.24, 2.45) is 16.7 Å². The van der Waals surface area contributed by atoms with Crippen molar-refractivity contribution in [1.82, 2.24) is 10.3 Å². The number of hydrogen-bond donors (Lipinski definition) is 1. The highest BCUT2D eigenvalue weighted by atomic mass is 15.0. The Kier molecular flexibility index (Phi) is 2.98. The minimum Gasteiger partial charge on any atom is -0.311 e. The predicted molar refractivity (Wildman–Crippen MR) is 86.1 cm³/mol. The average Bonchev–Trinajstić information content (AvgIpc) is 2.35. The first-order chi connectivity index (χ1) is 9.99. The van der Waals surface area contributed by atoms with Crippen LogP contribution >= 0.6 is 0 Å². The van der Waals surface area contributed by atoms with Crippen LogP contribution in [0.3, 0.4) is 0 Å². The smallest absolute Gasteiger partial charge is 0.0270 e. The standard InChI is InChI=1S/C19H28N2/c1-17-9-16-10-18(2,12-17)14-19(11-16,13-17)21-8-5-15-3-6-20-7-4-15/h3-4,6-7,16,21H,5,8-14H2,1-2H3/t16?,17-,18+,19?. The van der Waals surface area contributed by atoms with Crippen LogP contribution in [-0.2, 0) is 6.42 Å². The molecule has 0 spiro atoms. The summed E-state index contributed by atoms with van der Waals surface area (Å²) in [5, 5.41) is 4.01. The zero-order valence-electron chi connectivity index (χ0n) is 13.5. The van der Waals surface area contributed by atoms with Gasteiger partial charge in [0.1, 0.15) is 0 Å². The van der Waals surface area contributed by atoms with Crippen molar-refractivity contribution in [1.29, 1.82) is 0 Å². The summed E-state index contributed by atoms with van der Waals surface area (Å²) in [6, 6.07) is 4.29. The second-order valence-corrected chi connectivity index (χ2v) is 8.94. The zero-order valence-corrected chi connectivity index (χ0v) is 13.5. The van der Waals surface area contributed by atoms with Gasteiger partial charge in [0.2, 0.25) is 0 Å². The normalized spacial score (nSPS) is 44.2. The molecule has 0 aliphatic heterocycles. The van der Waals surface area contributed by atoms with Gasteiger partial charge < -0.3 is 5.32 Å². The molecule has 0 aromatic carbocycles. The molecule has 114 valence electrons. The number of hydrogen-bond acceptors (Lipinski definition) is 2. The van der Waals surface area contributed by atoms with Gasteiger partial charge in [0.05, 0.1) is 0 Å². The van der Waals surface area contributed by atoms with Crippen LogP contribution in [0.5, 0.6) is 0 Å². The van der Waals surface area contributed by atoms with Gasteiger partial charge in [-0.05, 0) is 85.9 Å². The third-order valence-corrected chi connectivity index (χ3v) is 6.29. The molecule has 21 heavy (non-hydrogen) atoms. The largest absolute Gasteiger partial charge is 0.311 e. The minimum atomic E-state index is 0.440. The molecule has 0 amide bonds. The van der Waals surface area contributed by atoms with Crippen LogP contribution in [0, 0.1) is 16.7 Å². The predicted octanol–water partition coefficient (Wildman–Crippen LogP) is 3.96. The SMILES string of the molecule is C[C@]12CC3CC(NCCc4ccncc4)(C1)C[C@@](C)(C3)C2. The van der Waals surface area contributed by atoms with E-state index in [0.29, 0.717) is 16.4 Å². The van der Waals surface area contributed by atoms with Crippen molar-refractivity contribution in [2.75, 3.05) is 6.54 Å². The number of nitrogens with one attached hydrogen (secondary N) is 1. The van der Waals surface area contributed by atoms with Gasteiger partial charge in [0.15, 0.2) is 0 Å². The molecule has 1 aromatic heterocycles. The Morgan fingerprint density at radius 3 is 2.33 bits per heavy atom. The summed E-state index contributed by atoms with van der Waals surface area (Å²) in [6.45, 7) is 6.22. The molecule has 2 unspecified atom stereocenters. The maximum atomic E-state index is 4.11. The van der Waals surface area contributed by atoms with E-state index in [1.807, 2.05) is 12.4 Å². The summed E-state index contributed by atoms with van der Waals surface area (Å²) in [6.07, 6.45) is 13.6. The van der Waals surface area contributed by atoms with Crippen LogP contribution in [0.2, 0.25) is 0 Å². The summed E-state index contributed by atoms with van der Waals surface area (Å²) in [5.41, 5.74) is 3.06. The van der Waals surface area contributed by atoms with Crippen LogP contribution in [0.25, 0.3) is 0 Å². The minimum absolute atomic E-state index is 0.440. The van der Waals surface area contributed by atoms with Crippen molar-refractivity contribution in [2.45, 2.75) is 64.3 Å². The molecule has 1 N–H and O–H groups in total. The van der Waals surface area contributed by atoms with E-state index in [-0.39, 0.29) is 0 Å². The van der Waals surface area contributed by atoms with E-state index in [1.54, 1.807) is 0 Å². The quantitative estimate of drug-likeness (QED) is 0.905. The van der Waals surface area contributed by atoms with Gasteiger partial charge in [-0.15, -0.1) is 0 Å². The maximum absolute atomic E-state index is 4.11. The van der Waals surface area contributed by atoms with Crippen molar-refractivity contribution in [3.63, 3.8) is 0 Å². The molecule has 2 heteroatoms. The van der Waals surface area contributed by atoms with E-state index < -0.39 is 0 Å². The van der Waals surface area contributed by atoms with E-state index in [4.69, 9.17) is 0 Å². The van der Waals surface area contributed by atoms with Gasteiger partial charge >= 0.3 is 0 Å². The molecule has 4 atom stereocenters.